The van der Waals surface area contributed by atoms with Crippen molar-refractivity contribution in [3.05, 3.63) is 20.8 Å². The molecule has 0 spiro atoms. The van der Waals surface area contributed by atoms with E-state index in [4.69, 9.17) is 17.3 Å². The summed E-state index contributed by atoms with van der Waals surface area (Å²) in [5.74, 6) is -0.147. The zero-order chi connectivity index (χ0) is 10.7. The van der Waals surface area contributed by atoms with Crippen LogP contribution in [0.5, 0.6) is 0 Å². The quantitative estimate of drug-likeness (QED) is 0.835. The molecule has 14 heavy (non-hydrogen) atoms. The normalized spacial score (nSPS) is 12.6. The van der Waals surface area contributed by atoms with Crippen LogP contribution in [0.3, 0.4) is 0 Å². The maximum atomic E-state index is 11.6. The van der Waals surface area contributed by atoms with E-state index in [2.05, 4.69) is 5.32 Å². The van der Waals surface area contributed by atoms with E-state index in [-0.39, 0.29) is 11.9 Å². The summed E-state index contributed by atoms with van der Waals surface area (Å²) < 4.78 is 0. The molecule has 0 saturated heterocycles. The Bertz CT molecular complexity index is 338. The van der Waals surface area contributed by atoms with Crippen LogP contribution in [0.1, 0.15) is 22.2 Å². The topological polar surface area (TPSA) is 55.1 Å². The van der Waals surface area contributed by atoms with Crippen LogP contribution in [-0.2, 0) is 0 Å². The van der Waals surface area contributed by atoms with Gasteiger partial charge in [0.05, 0.1) is 5.02 Å². The summed E-state index contributed by atoms with van der Waals surface area (Å²) in [7, 11) is 0. The van der Waals surface area contributed by atoms with E-state index in [1.54, 1.807) is 0 Å². The van der Waals surface area contributed by atoms with Gasteiger partial charge < -0.3 is 11.1 Å². The van der Waals surface area contributed by atoms with Gasteiger partial charge in [0.2, 0.25) is 0 Å². The molecular weight excluding hydrogens is 220 g/mol. The highest BCUT2D eigenvalue weighted by Crippen LogP contribution is 2.26. The third kappa shape index (κ3) is 2.47. The van der Waals surface area contributed by atoms with E-state index < -0.39 is 0 Å². The summed E-state index contributed by atoms with van der Waals surface area (Å²) in [5, 5.41) is 5.17. The highest BCUT2D eigenvalue weighted by atomic mass is 35.5. The predicted molar refractivity (Wildman–Crippen MR) is 60.0 cm³/mol. The van der Waals surface area contributed by atoms with E-state index in [1.807, 2.05) is 19.2 Å². The lowest BCUT2D eigenvalue weighted by atomic mass is 10.3. The van der Waals surface area contributed by atoms with E-state index in [1.165, 1.54) is 11.3 Å². The van der Waals surface area contributed by atoms with Crippen molar-refractivity contribution in [1.29, 1.82) is 0 Å². The Morgan fingerprint density at radius 3 is 2.86 bits per heavy atom. The minimum atomic E-state index is -0.147. The van der Waals surface area contributed by atoms with Crippen LogP contribution in [0.15, 0.2) is 5.38 Å². The Morgan fingerprint density at radius 2 is 2.43 bits per heavy atom. The number of rotatable bonds is 3. The van der Waals surface area contributed by atoms with Crippen molar-refractivity contribution in [2.24, 2.45) is 5.73 Å². The van der Waals surface area contributed by atoms with Crippen molar-refractivity contribution in [2.45, 2.75) is 19.9 Å². The Morgan fingerprint density at radius 1 is 1.79 bits per heavy atom. The second-order valence-corrected chi connectivity index (χ2v) is 4.43. The Kier molecular flexibility index (Phi) is 3.92. The van der Waals surface area contributed by atoms with Gasteiger partial charge in [0.1, 0.15) is 4.88 Å². The van der Waals surface area contributed by atoms with Crippen LogP contribution < -0.4 is 11.1 Å². The Hall–Kier alpha value is -0.580. The van der Waals surface area contributed by atoms with Crippen LogP contribution in [0.25, 0.3) is 0 Å². The van der Waals surface area contributed by atoms with E-state index >= 15 is 0 Å². The molecule has 0 radical (unpaired) electrons. The number of aryl methyl sites for hydroxylation is 1. The lowest BCUT2D eigenvalue weighted by Crippen LogP contribution is -2.37. The zero-order valence-corrected chi connectivity index (χ0v) is 9.71. The molecule has 1 atom stereocenters. The largest absolute Gasteiger partial charge is 0.348 e. The SMILES string of the molecule is Cc1csc(C(=O)N[C@H](C)CN)c1Cl. The van der Waals surface area contributed by atoms with E-state index in [0.717, 1.165) is 5.56 Å². The average molecular weight is 233 g/mol. The number of carbonyl (C=O) groups excluding carboxylic acids is 1. The molecule has 0 saturated carbocycles. The highest BCUT2D eigenvalue weighted by Gasteiger charge is 2.15. The first-order valence-electron chi connectivity index (χ1n) is 4.30. The summed E-state index contributed by atoms with van der Waals surface area (Å²) in [5.41, 5.74) is 6.33. The van der Waals surface area contributed by atoms with Crippen LogP contribution in [0.4, 0.5) is 0 Å². The molecule has 0 bridgehead atoms. The van der Waals surface area contributed by atoms with E-state index in [9.17, 15) is 4.79 Å². The summed E-state index contributed by atoms with van der Waals surface area (Å²) in [6, 6.07) is -0.0269. The lowest BCUT2D eigenvalue weighted by molar-refractivity contribution is 0.0945. The van der Waals surface area contributed by atoms with Crippen LogP contribution in [0.2, 0.25) is 5.02 Å². The average Bonchev–Trinajstić information content (AvgIpc) is 2.47. The number of carbonyl (C=O) groups is 1. The number of hydrogen-bond acceptors (Lipinski definition) is 3. The number of hydrogen-bond donors (Lipinski definition) is 2. The van der Waals surface area contributed by atoms with Gasteiger partial charge in [0.15, 0.2) is 0 Å². The molecule has 0 unspecified atom stereocenters. The molecule has 1 aromatic rings. The molecule has 1 rings (SSSR count). The third-order valence-corrected chi connectivity index (χ3v) is 3.53. The van der Waals surface area contributed by atoms with Crippen LogP contribution in [0, 0.1) is 6.92 Å². The molecule has 0 aliphatic heterocycles. The van der Waals surface area contributed by atoms with Crippen molar-refractivity contribution in [3.8, 4) is 0 Å². The molecule has 1 amide bonds. The summed E-state index contributed by atoms with van der Waals surface area (Å²) in [4.78, 5) is 12.2. The fraction of sp³-hybridized carbons (Fsp3) is 0.444. The van der Waals surface area contributed by atoms with Crippen LogP contribution >= 0.6 is 22.9 Å². The third-order valence-electron chi connectivity index (χ3n) is 1.84. The van der Waals surface area contributed by atoms with Crippen molar-refractivity contribution >= 4 is 28.8 Å². The molecular formula is C9H13ClN2OS. The van der Waals surface area contributed by atoms with Gasteiger partial charge in [-0.15, -0.1) is 11.3 Å². The fourth-order valence-corrected chi connectivity index (χ4v) is 2.11. The molecule has 5 heteroatoms. The smallest absolute Gasteiger partial charge is 0.263 e. The highest BCUT2D eigenvalue weighted by molar-refractivity contribution is 7.13. The molecule has 1 aromatic heterocycles. The molecule has 78 valence electrons. The van der Waals surface area contributed by atoms with Gasteiger partial charge in [0.25, 0.3) is 5.91 Å². The number of thiophene rings is 1. The number of nitrogens with two attached hydrogens (primary N) is 1. The second-order valence-electron chi connectivity index (χ2n) is 3.17. The van der Waals surface area contributed by atoms with Crippen LogP contribution in [-0.4, -0.2) is 18.5 Å². The standard InChI is InChI=1S/C9H13ClN2OS/c1-5-4-14-8(7(5)10)9(13)12-6(2)3-11/h4,6H,3,11H2,1-2H3,(H,12,13)/t6-/m1/s1. The van der Waals surface area contributed by atoms with Crippen molar-refractivity contribution in [1.82, 2.24) is 5.32 Å². The Labute approximate surface area is 92.3 Å². The number of amides is 1. The summed E-state index contributed by atoms with van der Waals surface area (Å²) >= 11 is 7.30. The first-order chi connectivity index (χ1) is 6.56. The first-order valence-corrected chi connectivity index (χ1v) is 5.56. The van der Waals surface area contributed by atoms with Gasteiger partial charge >= 0.3 is 0 Å². The minimum absolute atomic E-state index is 0.0269. The zero-order valence-electron chi connectivity index (χ0n) is 8.13. The number of halogens is 1. The second kappa shape index (κ2) is 4.77. The molecule has 0 aliphatic carbocycles. The van der Waals surface area contributed by atoms with Gasteiger partial charge in [-0.2, -0.15) is 0 Å². The molecule has 1 heterocycles. The van der Waals surface area contributed by atoms with Gasteiger partial charge in [-0.3, -0.25) is 4.79 Å². The van der Waals surface area contributed by atoms with Gasteiger partial charge in [0, 0.05) is 12.6 Å². The van der Waals surface area contributed by atoms with Crippen molar-refractivity contribution in [3.63, 3.8) is 0 Å². The van der Waals surface area contributed by atoms with Crippen molar-refractivity contribution < 1.29 is 4.79 Å². The fourth-order valence-electron chi connectivity index (χ4n) is 0.931. The lowest BCUT2D eigenvalue weighted by Gasteiger charge is -2.10. The summed E-state index contributed by atoms with van der Waals surface area (Å²) in [6.45, 7) is 4.15. The van der Waals surface area contributed by atoms with Gasteiger partial charge in [-0.05, 0) is 24.8 Å². The first kappa shape index (κ1) is 11.5. The monoisotopic (exact) mass is 232 g/mol. The maximum Gasteiger partial charge on any atom is 0.263 e. The Balaban J connectivity index is 2.75. The summed E-state index contributed by atoms with van der Waals surface area (Å²) in [6.07, 6.45) is 0. The molecule has 0 aliphatic rings. The maximum absolute atomic E-state index is 11.6. The molecule has 0 aromatic carbocycles. The van der Waals surface area contributed by atoms with Gasteiger partial charge in [-0.1, -0.05) is 11.6 Å². The van der Waals surface area contributed by atoms with E-state index in [0.29, 0.717) is 16.4 Å². The molecule has 3 nitrogen and oxygen atoms in total. The molecule has 0 fully saturated rings. The predicted octanol–water partition coefficient (Wildman–Crippen LogP) is 1.79. The molecule has 3 N–H and O–H groups in total. The number of nitrogens with one attached hydrogen (secondary N) is 1. The van der Waals surface area contributed by atoms with Crippen molar-refractivity contribution in [2.75, 3.05) is 6.54 Å². The minimum Gasteiger partial charge on any atom is -0.348 e. The van der Waals surface area contributed by atoms with Gasteiger partial charge in [-0.25, -0.2) is 0 Å².